The van der Waals surface area contributed by atoms with E-state index in [0.29, 0.717) is 11.6 Å². The van der Waals surface area contributed by atoms with Crippen LogP contribution in [0.15, 0.2) is 52.3 Å². The van der Waals surface area contributed by atoms with E-state index in [4.69, 9.17) is 0 Å². The second-order valence-corrected chi connectivity index (χ2v) is 6.46. The fourth-order valence-corrected chi connectivity index (χ4v) is 3.20. The summed E-state index contributed by atoms with van der Waals surface area (Å²) < 4.78 is 3.13. The Morgan fingerprint density at radius 2 is 2.14 bits per heavy atom. The molecule has 114 valence electrons. The van der Waals surface area contributed by atoms with Crippen molar-refractivity contribution in [1.29, 1.82) is 0 Å². The van der Waals surface area contributed by atoms with E-state index in [9.17, 15) is 4.79 Å². The van der Waals surface area contributed by atoms with Crippen molar-refractivity contribution >= 4 is 28.1 Å². The van der Waals surface area contributed by atoms with Crippen LogP contribution in [0.5, 0.6) is 0 Å². The molecule has 0 spiro atoms. The number of halogens is 1. The summed E-state index contributed by atoms with van der Waals surface area (Å²) in [6, 6.07) is 9.87. The Morgan fingerprint density at radius 1 is 1.32 bits per heavy atom. The normalized spacial score (nSPS) is 15.5. The lowest BCUT2D eigenvalue weighted by molar-refractivity contribution is 0.0955. The minimum atomic E-state index is -0.215. The first-order valence-corrected chi connectivity index (χ1v) is 8.28. The molecule has 0 radical (unpaired) electrons. The zero-order valence-electron chi connectivity index (χ0n) is 12.2. The van der Waals surface area contributed by atoms with Gasteiger partial charge >= 0.3 is 0 Å². The number of carbonyl (C=O) groups is 1. The Bertz CT molecular complexity index is 687. The Labute approximate surface area is 138 Å². The predicted molar refractivity (Wildman–Crippen MR) is 91.1 cm³/mol. The van der Waals surface area contributed by atoms with Crippen LogP contribution in [0, 0.1) is 0 Å². The van der Waals surface area contributed by atoms with Gasteiger partial charge in [-0.3, -0.25) is 4.79 Å². The van der Waals surface area contributed by atoms with E-state index >= 15 is 0 Å². The van der Waals surface area contributed by atoms with Gasteiger partial charge in [0.2, 0.25) is 0 Å². The third kappa shape index (κ3) is 3.65. The van der Waals surface area contributed by atoms with Gasteiger partial charge in [0.1, 0.15) is 0 Å². The largest absolute Gasteiger partial charge is 0.351 e. The first-order chi connectivity index (χ1) is 10.7. The van der Waals surface area contributed by atoms with E-state index in [-0.39, 0.29) is 5.91 Å². The quantitative estimate of drug-likeness (QED) is 0.647. The number of nitrogens with zero attached hydrogens (tertiary/aromatic N) is 2. The summed E-state index contributed by atoms with van der Waals surface area (Å²) in [5.41, 5.74) is 4.13. The molecule has 5 heteroatoms. The molecule has 2 aromatic rings. The lowest BCUT2D eigenvalue weighted by Gasteiger charge is -2.10. The minimum absolute atomic E-state index is 0.215. The van der Waals surface area contributed by atoms with Crippen molar-refractivity contribution in [3.8, 4) is 0 Å². The van der Waals surface area contributed by atoms with Crippen molar-refractivity contribution in [2.24, 2.45) is 5.10 Å². The van der Waals surface area contributed by atoms with Crippen LogP contribution in [-0.2, 0) is 0 Å². The number of aromatic nitrogens is 1. The van der Waals surface area contributed by atoms with Gasteiger partial charge in [-0.05, 0) is 37.1 Å². The first kappa shape index (κ1) is 15.0. The number of hydrazone groups is 1. The summed E-state index contributed by atoms with van der Waals surface area (Å²) in [6.45, 7) is 0. The summed E-state index contributed by atoms with van der Waals surface area (Å²) in [5, 5.41) is 4.03. The number of hydrogen-bond acceptors (Lipinski definition) is 2. The number of hydrogen-bond donors (Lipinski definition) is 1. The van der Waals surface area contributed by atoms with E-state index in [1.165, 1.54) is 25.7 Å². The van der Waals surface area contributed by atoms with Crippen LogP contribution < -0.4 is 5.43 Å². The zero-order valence-corrected chi connectivity index (χ0v) is 13.8. The lowest BCUT2D eigenvalue weighted by Crippen LogP contribution is -2.17. The minimum Gasteiger partial charge on any atom is -0.351 e. The molecular formula is C17H18BrN3O. The average molecular weight is 360 g/mol. The lowest BCUT2D eigenvalue weighted by atomic mass is 10.2. The number of amides is 1. The fourth-order valence-electron chi connectivity index (χ4n) is 2.80. The van der Waals surface area contributed by atoms with Gasteiger partial charge in [0.25, 0.3) is 5.91 Å². The summed E-state index contributed by atoms with van der Waals surface area (Å²) in [6.07, 6.45) is 11.0. The highest BCUT2D eigenvalue weighted by Gasteiger charge is 2.15. The van der Waals surface area contributed by atoms with E-state index in [2.05, 4.69) is 43.4 Å². The van der Waals surface area contributed by atoms with Gasteiger partial charge in [0, 0.05) is 34.0 Å². The Hall–Kier alpha value is -1.88. The fraction of sp³-hybridized carbons (Fsp3) is 0.294. The number of nitrogens with one attached hydrogen (secondary N) is 1. The maximum absolute atomic E-state index is 12.0. The van der Waals surface area contributed by atoms with Gasteiger partial charge in [0.15, 0.2) is 0 Å². The molecule has 1 aliphatic carbocycles. The van der Waals surface area contributed by atoms with Crippen LogP contribution in [0.2, 0.25) is 0 Å². The molecular weight excluding hydrogens is 342 g/mol. The molecule has 1 N–H and O–H groups in total. The van der Waals surface area contributed by atoms with Crippen LogP contribution in [-0.4, -0.2) is 16.7 Å². The van der Waals surface area contributed by atoms with E-state index in [1.54, 1.807) is 18.3 Å². The maximum atomic E-state index is 12.0. The number of carbonyl (C=O) groups excluding carboxylic acids is 1. The molecule has 1 saturated carbocycles. The Balaban J connectivity index is 1.59. The van der Waals surface area contributed by atoms with Gasteiger partial charge in [-0.25, -0.2) is 5.43 Å². The summed E-state index contributed by atoms with van der Waals surface area (Å²) in [4.78, 5) is 12.0. The molecule has 4 nitrogen and oxygen atoms in total. The smallest absolute Gasteiger partial charge is 0.271 e. The van der Waals surface area contributed by atoms with Crippen LogP contribution in [0.1, 0.15) is 47.6 Å². The first-order valence-electron chi connectivity index (χ1n) is 7.49. The predicted octanol–water partition coefficient (Wildman–Crippen LogP) is 4.13. The summed E-state index contributed by atoms with van der Waals surface area (Å²) in [5.74, 6) is -0.215. The van der Waals surface area contributed by atoms with E-state index < -0.39 is 0 Å². The molecule has 0 bridgehead atoms. The molecule has 0 unspecified atom stereocenters. The Morgan fingerprint density at radius 3 is 2.91 bits per heavy atom. The zero-order chi connectivity index (χ0) is 15.4. The van der Waals surface area contributed by atoms with Crippen LogP contribution in [0.3, 0.4) is 0 Å². The summed E-state index contributed by atoms with van der Waals surface area (Å²) in [7, 11) is 0. The molecule has 0 saturated heterocycles. The third-order valence-corrected chi connectivity index (χ3v) is 4.44. The molecule has 1 aliphatic rings. The second kappa shape index (κ2) is 6.92. The van der Waals surface area contributed by atoms with Gasteiger partial charge in [-0.15, -0.1) is 0 Å². The van der Waals surface area contributed by atoms with Crippen LogP contribution >= 0.6 is 15.9 Å². The monoisotopic (exact) mass is 359 g/mol. The van der Waals surface area contributed by atoms with Crippen molar-refractivity contribution in [1.82, 2.24) is 9.99 Å². The van der Waals surface area contributed by atoms with Crippen molar-refractivity contribution < 1.29 is 4.79 Å². The topological polar surface area (TPSA) is 46.4 Å². The molecule has 0 atom stereocenters. The maximum Gasteiger partial charge on any atom is 0.271 e. The molecule has 3 rings (SSSR count). The Kier molecular flexibility index (Phi) is 4.73. The van der Waals surface area contributed by atoms with E-state index in [0.717, 1.165) is 10.0 Å². The summed E-state index contributed by atoms with van der Waals surface area (Å²) >= 11 is 3.35. The second-order valence-electron chi connectivity index (χ2n) is 5.54. The van der Waals surface area contributed by atoms with E-state index in [1.807, 2.05) is 18.2 Å². The molecule has 1 amide bonds. The molecule has 1 heterocycles. The highest BCUT2D eigenvalue weighted by molar-refractivity contribution is 9.10. The average Bonchev–Trinajstić information content (AvgIpc) is 3.18. The van der Waals surface area contributed by atoms with Crippen molar-refractivity contribution in [3.05, 3.63) is 58.3 Å². The van der Waals surface area contributed by atoms with Gasteiger partial charge in [-0.1, -0.05) is 34.8 Å². The van der Waals surface area contributed by atoms with Crippen molar-refractivity contribution in [2.45, 2.75) is 31.7 Å². The molecule has 1 fully saturated rings. The van der Waals surface area contributed by atoms with Gasteiger partial charge in [0.05, 0.1) is 6.21 Å². The van der Waals surface area contributed by atoms with Crippen molar-refractivity contribution in [3.63, 3.8) is 0 Å². The molecule has 1 aromatic heterocycles. The highest BCUT2D eigenvalue weighted by atomic mass is 79.9. The molecule has 0 aliphatic heterocycles. The molecule has 1 aromatic carbocycles. The molecule has 22 heavy (non-hydrogen) atoms. The standard InChI is InChI=1S/C17H18BrN3O/c18-15-5-3-4-14(10-15)17(22)20-19-11-13-8-9-21(12-13)16-6-1-2-7-16/h3-5,8-12,16H,1-2,6-7H2,(H,20,22)/b19-11-. The number of rotatable bonds is 4. The highest BCUT2D eigenvalue weighted by Crippen LogP contribution is 2.29. The number of benzene rings is 1. The van der Waals surface area contributed by atoms with Crippen LogP contribution in [0.4, 0.5) is 0 Å². The van der Waals surface area contributed by atoms with Crippen molar-refractivity contribution in [2.75, 3.05) is 0 Å². The third-order valence-electron chi connectivity index (χ3n) is 3.95. The van der Waals surface area contributed by atoms with Gasteiger partial charge < -0.3 is 4.57 Å². The SMILES string of the molecule is O=C(N/N=C\c1ccn(C2CCCC2)c1)c1cccc(Br)c1. The van der Waals surface area contributed by atoms with Gasteiger partial charge in [-0.2, -0.15) is 5.10 Å². The van der Waals surface area contributed by atoms with Crippen LogP contribution in [0.25, 0.3) is 0 Å².